The maximum atomic E-state index is 4.00. The zero-order chi connectivity index (χ0) is 14.5. The van der Waals surface area contributed by atoms with Crippen LogP contribution in [0.4, 0.5) is 0 Å². The summed E-state index contributed by atoms with van der Waals surface area (Å²) in [5, 5.41) is 7.60. The molecule has 1 aromatic carbocycles. The lowest BCUT2D eigenvalue weighted by molar-refractivity contribution is 0.534. The summed E-state index contributed by atoms with van der Waals surface area (Å²) >= 11 is 1.49. The van der Waals surface area contributed by atoms with Crippen LogP contribution < -0.4 is 5.32 Å². The van der Waals surface area contributed by atoms with Gasteiger partial charge in [0.15, 0.2) is 0 Å². The number of rotatable bonds is 6. The molecule has 0 aliphatic heterocycles. The summed E-state index contributed by atoms with van der Waals surface area (Å²) in [6.45, 7) is 9.78. The summed E-state index contributed by atoms with van der Waals surface area (Å²) in [7, 11) is 0. The molecular weight excluding hydrogens is 266 g/mol. The van der Waals surface area contributed by atoms with E-state index in [2.05, 4.69) is 54.7 Å². The fraction of sp³-hybridized carbons (Fsp3) is 0.500. The summed E-state index contributed by atoms with van der Waals surface area (Å²) in [6.07, 6.45) is 4.02. The van der Waals surface area contributed by atoms with Crippen molar-refractivity contribution in [1.82, 2.24) is 14.9 Å². The molecule has 1 atom stereocenters. The molecule has 108 valence electrons. The molecule has 2 aromatic rings. The highest BCUT2D eigenvalue weighted by Gasteiger charge is 2.16. The number of nitrogens with zero attached hydrogens (tertiary/aromatic N) is 2. The molecule has 4 heteroatoms. The van der Waals surface area contributed by atoms with E-state index in [1.165, 1.54) is 38.7 Å². The highest BCUT2D eigenvalue weighted by Crippen LogP contribution is 2.25. The van der Waals surface area contributed by atoms with Gasteiger partial charge in [-0.2, -0.15) is 0 Å². The van der Waals surface area contributed by atoms with Crippen LogP contribution in [0.1, 0.15) is 46.5 Å². The first-order valence-corrected chi connectivity index (χ1v) is 7.96. The monoisotopic (exact) mass is 289 g/mol. The Labute approximate surface area is 125 Å². The SMILES string of the molecule is CCCNC(Cc1c(C)cc(C)cc1C)c1cnns1. The first-order chi connectivity index (χ1) is 9.61. The van der Waals surface area contributed by atoms with Crippen molar-refractivity contribution in [3.8, 4) is 0 Å². The highest BCUT2D eigenvalue weighted by molar-refractivity contribution is 7.05. The molecule has 1 N–H and O–H groups in total. The van der Waals surface area contributed by atoms with E-state index in [1.54, 1.807) is 0 Å². The van der Waals surface area contributed by atoms with E-state index in [0.717, 1.165) is 19.4 Å². The Morgan fingerprint density at radius 2 is 1.90 bits per heavy atom. The largest absolute Gasteiger partial charge is 0.309 e. The summed E-state index contributed by atoms with van der Waals surface area (Å²) in [5.74, 6) is 0. The lowest BCUT2D eigenvalue weighted by atomic mass is 9.94. The van der Waals surface area contributed by atoms with Gasteiger partial charge in [0.25, 0.3) is 0 Å². The first kappa shape index (κ1) is 15.1. The lowest BCUT2D eigenvalue weighted by Crippen LogP contribution is -2.24. The van der Waals surface area contributed by atoms with Crippen molar-refractivity contribution in [2.45, 2.75) is 46.6 Å². The second-order valence-corrected chi connectivity index (χ2v) is 6.23. The van der Waals surface area contributed by atoms with E-state index in [4.69, 9.17) is 0 Å². The molecule has 0 saturated carbocycles. The molecule has 1 heterocycles. The molecule has 2 rings (SSSR count). The minimum atomic E-state index is 0.315. The summed E-state index contributed by atoms with van der Waals surface area (Å²) in [4.78, 5) is 1.22. The molecule has 0 fully saturated rings. The highest BCUT2D eigenvalue weighted by atomic mass is 32.1. The van der Waals surface area contributed by atoms with Crippen LogP contribution in [0.2, 0.25) is 0 Å². The van der Waals surface area contributed by atoms with Gasteiger partial charge in [-0.05, 0) is 68.4 Å². The van der Waals surface area contributed by atoms with Crippen molar-refractivity contribution in [2.24, 2.45) is 0 Å². The van der Waals surface area contributed by atoms with Crippen LogP contribution in [0, 0.1) is 20.8 Å². The molecule has 20 heavy (non-hydrogen) atoms. The van der Waals surface area contributed by atoms with Gasteiger partial charge in [-0.1, -0.05) is 29.1 Å². The van der Waals surface area contributed by atoms with Gasteiger partial charge in [-0.25, -0.2) is 0 Å². The Bertz CT molecular complexity index is 526. The maximum Gasteiger partial charge on any atom is 0.0669 e. The molecule has 1 aromatic heterocycles. The van der Waals surface area contributed by atoms with Crippen LogP contribution >= 0.6 is 11.5 Å². The Morgan fingerprint density at radius 1 is 1.20 bits per heavy atom. The Balaban J connectivity index is 2.24. The third-order valence-corrected chi connectivity index (χ3v) is 4.39. The third kappa shape index (κ3) is 3.64. The van der Waals surface area contributed by atoms with Crippen molar-refractivity contribution in [3.63, 3.8) is 0 Å². The van der Waals surface area contributed by atoms with Crippen molar-refractivity contribution >= 4 is 11.5 Å². The van der Waals surface area contributed by atoms with Crippen LogP contribution in [0.15, 0.2) is 18.3 Å². The van der Waals surface area contributed by atoms with Crippen LogP contribution in [0.3, 0.4) is 0 Å². The van der Waals surface area contributed by atoms with Crippen molar-refractivity contribution in [2.75, 3.05) is 6.54 Å². The standard InChI is InChI=1S/C16H23N3S/c1-5-6-17-15(16-10-18-19-20-16)9-14-12(3)7-11(2)8-13(14)4/h7-8,10,15,17H,5-6,9H2,1-4H3. The van der Waals surface area contributed by atoms with E-state index in [1.807, 2.05) is 6.20 Å². The quantitative estimate of drug-likeness (QED) is 0.880. The van der Waals surface area contributed by atoms with Crippen LogP contribution in [-0.4, -0.2) is 16.1 Å². The van der Waals surface area contributed by atoms with Gasteiger partial charge in [-0.3, -0.25) is 0 Å². The average Bonchev–Trinajstić information content (AvgIpc) is 2.91. The fourth-order valence-corrected chi connectivity index (χ4v) is 3.23. The summed E-state index contributed by atoms with van der Waals surface area (Å²) < 4.78 is 4.00. The molecule has 0 aliphatic rings. The van der Waals surface area contributed by atoms with Crippen molar-refractivity contribution in [3.05, 3.63) is 45.5 Å². The van der Waals surface area contributed by atoms with E-state index < -0.39 is 0 Å². The van der Waals surface area contributed by atoms with Crippen LogP contribution in [0.5, 0.6) is 0 Å². The van der Waals surface area contributed by atoms with Gasteiger partial charge >= 0.3 is 0 Å². The second-order valence-electron chi connectivity index (χ2n) is 5.41. The van der Waals surface area contributed by atoms with E-state index in [0.29, 0.717) is 6.04 Å². The number of aryl methyl sites for hydroxylation is 3. The van der Waals surface area contributed by atoms with Crippen molar-refractivity contribution < 1.29 is 0 Å². The number of hydrogen-bond acceptors (Lipinski definition) is 4. The van der Waals surface area contributed by atoms with Crippen LogP contribution in [0.25, 0.3) is 0 Å². The van der Waals surface area contributed by atoms with Crippen LogP contribution in [-0.2, 0) is 6.42 Å². The van der Waals surface area contributed by atoms with E-state index in [9.17, 15) is 0 Å². The Morgan fingerprint density at radius 3 is 2.45 bits per heavy atom. The normalized spacial score (nSPS) is 12.6. The molecule has 0 saturated heterocycles. The molecule has 3 nitrogen and oxygen atoms in total. The Hall–Kier alpha value is -1.26. The zero-order valence-electron chi connectivity index (χ0n) is 12.7. The maximum absolute atomic E-state index is 4.00. The second kappa shape index (κ2) is 6.95. The van der Waals surface area contributed by atoms with Gasteiger partial charge in [0.05, 0.1) is 11.1 Å². The minimum absolute atomic E-state index is 0.315. The molecule has 0 radical (unpaired) electrons. The van der Waals surface area contributed by atoms with E-state index >= 15 is 0 Å². The van der Waals surface area contributed by atoms with Gasteiger partial charge in [0.2, 0.25) is 0 Å². The van der Waals surface area contributed by atoms with Gasteiger partial charge in [0.1, 0.15) is 0 Å². The first-order valence-electron chi connectivity index (χ1n) is 7.19. The lowest BCUT2D eigenvalue weighted by Gasteiger charge is -2.19. The topological polar surface area (TPSA) is 37.8 Å². The van der Waals surface area contributed by atoms with Gasteiger partial charge in [0, 0.05) is 6.04 Å². The molecule has 0 spiro atoms. The number of hydrogen-bond donors (Lipinski definition) is 1. The number of benzene rings is 1. The minimum Gasteiger partial charge on any atom is -0.309 e. The van der Waals surface area contributed by atoms with Gasteiger partial charge < -0.3 is 5.32 Å². The zero-order valence-corrected chi connectivity index (χ0v) is 13.5. The summed E-state index contributed by atoms with van der Waals surface area (Å²) in [5.41, 5.74) is 5.53. The molecule has 0 amide bonds. The number of nitrogens with one attached hydrogen (secondary N) is 1. The van der Waals surface area contributed by atoms with Crippen molar-refractivity contribution in [1.29, 1.82) is 0 Å². The van der Waals surface area contributed by atoms with Gasteiger partial charge in [-0.15, -0.1) is 5.10 Å². The molecule has 1 unspecified atom stereocenters. The fourth-order valence-electron chi connectivity index (χ4n) is 2.66. The predicted molar refractivity (Wildman–Crippen MR) is 85.3 cm³/mol. The molecule has 0 bridgehead atoms. The average molecular weight is 289 g/mol. The number of aromatic nitrogens is 2. The smallest absolute Gasteiger partial charge is 0.0669 e. The van der Waals surface area contributed by atoms with E-state index in [-0.39, 0.29) is 0 Å². The molecular formula is C16H23N3S. The predicted octanol–water partition coefficient (Wildman–Crippen LogP) is 3.75. The molecule has 0 aliphatic carbocycles. The Kier molecular flexibility index (Phi) is 5.26. The third-order valence-electron chi connectivity index (χ3n) is 3.61. The summed E-state index contributed by atoms with van der Waals surface area (Å²) in [6, 6.07) is 4.85.